The lowest BCUT2D eigenvalue weighted by atomic mass is 9.79. The Morgan fingerprint density at radius 1 is 1.02 bits per heavy atom. The molecule has 0 radical (unpaired) electrons. The summed E-state index contributed by atoms with van der Waals surface area (Å²) in [6, 6.07) is 11.9. The largest absolute Gasteiger partial charge is 0.325 e. The Labute approximate surface area is 235 Å². The van der Waals surface area contributed by atoms with E-state index in [1.807, 2.05) is 24.3 Å². The molecule has 0 bridgehead atoms. The van der Waals surface area contributed by atoms with Gasteiger partial charge in [0.15, 0.2) is 0 Å². The van der Waals surface area contributed by atoms with E-state index in [9.17, 15) is 23.2 Å². The second kappa shape index (κ2) is 9.44. The van der Waals surface area contributed by atoms with Crippen molar-refractivity contribution in [2.24, 2.45) is 0 Å². The molecule has 2 atom stereocenters. The Kier molecular flexibility index (Phi) is 5.93. The maximum atomic E-state index is 14.1. The SMILES string of the molecule is O=C(CN1C(=O)C2(CCCC2)NC[C@H]1c1cc(F)cc(F)c1)Nc1ccc2c(c1)CC1(C2)C(=O)Nc2ncccc21. The van der Waals surface area contributed by atoms with Crippen LogP contribution >= 0.6 is 0 Å². The van der Waals surface area contributed by atoms with Gasteiger partial charge in [-0.15, -0.1) is 0 Å². The Bertz CT molecular complexity index is 1580. The smallest absolute Gasteiger partial charge is 0.244 e. The number of piperazine rings is 1. The summed E-state index contributed by atoms with van der Waals surface area (Å²) in [6.45, 7) is 0.0365. The summed E-state index contributed by atoms with van der Waals surface area (Å²) >= 11 is 0. The van der Waals surface area contributed by atoms with E-state index in [-0.39, 0.29) is 18.4 Å². The summed E-state index contributed by atoms with van der Waals surface area (Å²) in [5.41, 5.74) is 2.26. The molecule has 3 N–H and O–H groups in total. The Balaban J connectivity index is 1.12. The van der Waals surface area contributed by atoms with Crippen LogP contribution in [-0.2, 0) is 32.6 Å². The molecule has 3 amide bonds. The van der Waals surface area contributed by atoms with Crippen molar-refractivity contribution in [3.63, 3.8) is 0 Å². The molecule has 1 saturated heterocycles. The molecule has 2 aliphatic carbocycles. The molecule has 3 heterocycles. The van der Waals surface area contributed by atoms with Gasteiger partial charge >= 0.3 is 0 Å². The number of pyridine rings is 1. The predicted molar refractivity (Wildman–Crippen MR) is 147 cm³/mol. The summed E-state index contributed by atoms with van der Waals surface area (Å²) in [4.78, 5) is 45.9. The number of hydrogen-bond acceptors (Lipinski definition) is 5. The minimum atomic E-state index is -0.752. The van der Waals surface area contributed by atoms with E-state index in [1.54, 1.807) is 12.3 Å². The third-order valence-electron chi connectivity index (χ3n) is 9.19. The highest BCUT2D eigenvalue weighted by atomic mass is 19.1. The van der Waals surface area contributed by atoms with Gasteiger partial charge in [0.25, 0.3) is 0 Å². The highest BCUT2D eigenvalue weighted by Gasteiger charge is 2.51. The van der Waals surface area contributed by atoms with Gasteiger partial charge in [-0.05, 0) is 72.7 Å². The Hall–Kier alpha value is -4.18. The van der Waals surface area contributed by atoms with Gasteiger partial charge < -0.3 is 20.9 Å². The lowest BCUT2D eigenvalue weighted by Crippen LogP contribution is -2.64. The zero-order valence-corrected chi connectivity index (χ0v) is 22.3. The summed E-state index contributed by atoms with van der Waals surface area (Å²) in [5.74, 6) is -1.58. The van der Waals surface area contributed by atoms with Crippen LogP contribution in [-0.4, -0.2) is 46.2 Å². The number of rotatable bonds is 4. The minimum absolute atomic E-state index is 0.0779. The fraction of sp³-hybridized carbons (Fsp3) is 0.355. The molecule has 10 heteroatoms. The van der Waals surface area contributed by atoms with Crippen LogP contribution in [0.25, 0.3) is 0 Å². The number of aromatic nitrogens is 1. The van der Waals surface area contributed by atoms with Crippen molar-refractivity contribution in [3.8, 4) is 0 Å². The van der Waals surface area contributed by atoms with Crippen molar-refractivity contribution < 1.29 is 23.2 Å². The molecule has 210 valence electrons. The first-order chi connectivity index (χ1) is 19.8. The molecule has 8 nitrogen and oxygen atoms in total. The van der Waals surface area contributed by atoms with Crippen LogP contribution in [0.2, 0.25) is 0 Å². The molecular weight excluding hydrogens is 528 g/mol. The van der Waals surface area contributed by atoms with Crippen LogP contribution in [0.3, 0.4) is 0 Å². The number of halogens is 2. The first-order valence-electron chi connectivity index (χ1n) is 14.0. The average molecular weight is 558 g/mol. The number of benzene rings is 2. The number of nitrogens with zero attached hydrogens (tertiary/aromatic N) is 2. The fourth-order valence-corrected chi connectivity index (χ4v) is 7.21. The number of carbonyl (C=O) groups is 3. The van der Waals surface area contributed by atoms with Crippen LogP contribution < -0.4 is 16.0 Å². The van der Waals surface area contributed by atoms with Gasteiger partial charge in [0.1, 0.15) is 24.0 Å². The molecular formula is C31H29F2N5O3. The van der Waals surface area contributed by atoms with Crippen LogP contribution in [0.4, 0.5) is 20.3 Å². The van der Waals surface area contributed by atoms with Crippen molar-refractivity contribution in [3.05, 3.63) is 88.6 Å². The molecule has 1 unspecified atom stereocenters. The number of fused-ring (bicyclic) bond motifs is 3. The van der Waals surface area contributed by atoms with Crippen LogP contribution in [0.15, 0.2) is 54.7 Å². The van der Waals surface area contributed by atoms with Crippen LogP contribution in [0.5, 0.6) is 0 Å². The van der Waals surface area contributed by atoms with Gasteiger partial charge in [-0.3, -0.25) is 14.4 Å². The topological polar surface area (TPSA) is 103 Å². The zero-order chi connectivity index (χ0) is 28.4. The second-order valence-electron chi connectivity index (χ2n) is 11.6. The van der Waals surface area contributed by atoms with E-state index < -0.39 is 34.5 Å². The average Bonchev–Trinajstić information content (AvgIpc) is 3.63. The Morgan fingerprint density at radius 2 is 1.78 bits per heavy atom. The van der Waals surface area contributed by atoms with Gasteiger partial charge in [-0.2, -0.15) is 0 Å². The highest BCUT2D eigenvalue weighted by Crippen LogP contribution is 2.47. The lowest BCUT2D eigenvalue weighted by Gasteiger charge is -2.45. The predicted octanol–water partition coefficient (Wildman–Crippen LogP) is 3.77. The zero-order valence-electron chi connectivity index (χ0n) is 22.3. The van der Waals surface area contributed by atoms with E-state index in [2.05, 4.69) is 20.9 Å². The molecule has 2 fully saturated rings. The van der Waals surface area contributed by atoms with E-state index in [0.717, 1.165) is 35.6 Å². The summed E-state index contributed by atoms with van der Waals surface area (Å²) in [6.07, 6.45) is 5.80. The van der Waals surface area contributed by atoms with Gasteiger partial charge in [0, 0.05) is 30.1 Å². The number of nitrogens with one attached hydrogen (secondary N) is 3. The minimum Gasteiger partial charge on any atom is -0.325 e. The lowest BCUT2D eigenvalue weighted by molar-refractivity contribution is -0.147. The number of amides is 3. The number of anilines is 2. The normalized spacial score (nSPS) is 24.0. The van der Waals surface area contributed by atoms with Crippen molar-refractivity contribution in [1.29, 1.82) is 0 Å². The van der Waals surface area contributed by atoms with E-state index in [1.165, 1.54) is 17.0 Å². The molecule has 3 aromatic rings. The summed E-state index contributed by atoms with van der Waals surface area (Å²) < 4.78 is 28.2. The van der Waals surface area contributed by atoms with Gasteiger partial charge in [-0.1, -0.05) is 25.0 Å². The van der Waals surface area contributed by atoms with Gasteiger partial charge in [0.05, 0.1) is 17.0 Å². The van der Waals surface area contributed by atoms with Crippen LogP contribution in [0, 0.1) is 11.6 Å². The molecule has 2 aliphatic heterocycles. The monoisotopic (exact) mass is 557 g/mol. The highest BCUT2D eigenvalue weighted by molar-refractivity contribution is 6.06. The van der Waals surface area contributed by atoms with Gasteiger partial charge in [0.2, 0.25) is 17.7 Å². The fourth-order valence-electron chi connectivity index (χ4n) is 7.21. The summed E-state index contributed by atoms with van der Waals surface area (Å²) in [5, 5.41) is 9.15. The summed E-state index contributed by atoms with van der Waals surface area (Å²) in [7, 11) is 0. The molecule has 2 spiro atoms. The van der Waals surface area contributed by atoms with E-state index in [0.29, 0.717) is 49.3 Å². The second-order valence-corrected chi connectivity index (χ2v) is 11.6. The van der Waals surface area contributed by atoms with E-state index in [4.69, 9.17) is 0 Å². The third-order valence-corrected chi connectivity index (χ3v) is 9.19. The Morgan fingerprint density at radius 3 is 2.56 bits per heavy atom. The number of hydrogen-bond donors (Lipinski definition) is 3. The standard InChI is InChI=1S/C31H29F2N5O3/c32-21-10-19(11-22(33)13-21)25-16-35-31(7-1-2-8-31)29(41)38(25)17-26(39)36-23-6-5-18-14-30(15-20(18)12-23)24-4-3-9-34-27(24)37-28(30)40/h3-6,9-13,25,35H,1-2,7-8,14-17H2,(H,36,39)(H,34,37,40)/t25-,30?/m0/s1. The molecule has 2 aromatic carbocycles. The van der Waals surface area contributed by atoms with Gasteiger partial charge in [-0.25, -0.2) is 13.8 Å². The van der Waals surface area contributed by atoms with Crippen molar-refractivity contribution in [2.75, 3.05) is 23.7 Å². The number of carbonyl (C=O) groups excluding carboxylic acids is 3. The van der Waals surface area contributed by atoms with E-state index >= 15 is 0 Å². The molecule has 41 heavy (non-hydrogen) atoms. The first kappa shape index (κ1) is 25.8. The van der Waals surface area contributed by atoms with Crippen molar-refractivity contribution >= 4 is 29.2 Å². The molecule has 1 saturated carbocycles. The van der Waals surface area contributed by atoms with Crippen molar-refractivity contribution in [2.45, 2.75) is 55.5 Å². The first-order valence-corrected chi connectivity index (χ1v) is 14.0. The van der Waals surface area contributed by atoms with Crippen molar-refractivity contribution in [1.82, 2.24) is 15.2 Å². The molecule has 7 rings (SSSR count). The molecule has 1 aromatic heterocycles. The quantitative estimate of drug-likeness (QED) is 0.453. The van der Waals surface area contributed by atoms with Crippen LogP contribution in [0.1, 0.15) is 54.0 Å². The third kappa shape index (κ3) is 4.20. The maximum Gasteiger partial charge on any atom is 0.244 e. The maximum absolute atomic E-state index is 14.1. The molecule has 4 aliphatic rings.